The van der Waals surface area contributed by atoms with Crippen LogP contribution in [0.25, 0.3) is 22.0 Å². The Morgan fingerprint density at radius 1 is 0.920 bits per heavy atom. The van der Waals surface area contributed by atoms with E-state index in [0.717, 1.165) is 56.2 Å². The molecular weight excluding hydrogens is 322 g/mol. The molecule has 0 spiro atoms. The van der Waals surface area contributed by atoms with Gasteiger partial charge >= 0.3 is 0 Å². The second kappa shape index (κ2) is 4.55. The summed E-state index contributed by atoms with van der Waals surface area (Å²) in [6.07, 6.45) is 1.83. The number of fused-ring (bicyclic) bond motifs is 8. The van der Waals surface area contributed by atoms with Crippen LogP contribution in [0.1, 0.15) is 17.2 Å². The van der Waals surface area contributed by atoms with Crippen LogP contribution in [0.3, 0.4) is 0 Å². The van der Waals surface area contributed by atoms with Crippen LogP contribution in [0.5, 0.6) is 23.0 Å². The van der Waals surface area contributed by atoms with Gasteiger partial charge in [0.1, 0.15) is 0 Å². The molecule has 25 heavy (non-hydrogen) atoms. The molecule has 2 N–H and O–H groups in total. The molecule has 0 bridgehead atoms. The summed E-state index contributed by atoms with van der Waals surface area (Å²) in [5, 5.41) is 12.7. The summed E-state index contributed by atoms with van der Waals surface area (Å²) in [6, 6.07) is 7.82. The zero-order valence-corrected chi connectivity index (χ0v) is 13.2. The zero-order chi connectivity index (χ0) is 16.5. The smallest absolute Gasteiger partial charge is 0.231 e. The van der Waals surface area contributed by atoms with Crippen LogP contribution in [-0.2, 0) is 6.42 Å². The van der Waals surface area contributed by atoms with Gasteiger partial charge in [-0.3, -0.25) is 0 Å². The highest BCUT2D eigenvalue weighted by Gasteiger charge is 2.34. The molecule has 1 aliphatic carbocycles. The van der Waals surface area contributed by atoms with Crippen molar-refractivity contribution in [2.75, 3.05) is 13.6 Å². The highest BCUT2D eigenvalue weighted by atomic mass is 16.7. The highest BCUT2D eigenvalue weighted by molar-refractivity contribution is 5.96. The first-order chi connectivity index (χ1) is 12.3. The summed E-state index contributed by atoms with van der Waals surface area (Å²) in [6.45, 7) is 0.457. The Labute approximate surface area is 142 Å². The summed E-state index contributed by atoms with van der Waals surface area (Å²) in [4.78, 5) is 3.35. The van der Waals surface area contributed by atoms with Crippen molar-refractivity contribution in [1.29, 1.82) is 0 Å². The van der Waals surface area contributed by atoms with Crippen molar-refractivity contribution in [2.24, 2.45) is 0 Å². The molecule has 6 heteroatoms. The highest BCUT2D eigenvalue weighted by Crippen LogP contribution is 2.47. The maximum Gasteiger partial charge on any atom is 0.231 e. The van der Waals surface area contributed by atoms with Crippen molar-refractivity contribution in [2.45, 2.75) is 12.5 Å². The lowest BCUT2D eigenvalue weighted by Gasteiger charge is -2.22. The van der Waals surface area contributed by atoms with E-state index < -0.39 is 6.10 Å². The maximum atomic E-state index is 10.8. The molecule has 1 aromatic heterocycles. The molecule has 0 amide bonds. The quantitative estimate of drug-likeness (QED) is 0.682. The van der Waals surface area contributed by atoms with Crippen molar-refractivity contribution in [1.82, 2.24) is 0 Å². The topological polar surface area (TPSA) is 71.3 Å². The molecule has 2 aromatic carbocycles. The van der Waals surface area contributed by atoms with Crippen LogP contribution in [0.2, 0.25) is 0 Å². The second-order valence-corrected chi connectivity index (χ2v) is 6.42. The fraction of sp³-hybridized carbons (Fsp3) is 0.211. The van der Waals surface area contributed by atoms with Crippen LogP contribution < -0.4 is 23.9 Å². The molecule has 2 aliphatic heterocycles. The number of hydrogen-bond acceptors (Lipinski definition) is 5. The standard InChI is InChI=1S/C19H13NO5/c21-13-3-9-4-15-16(24-7-23-15)5-11(9)18-17(13)10-1-2-14-19(25-8-22-14)12(10)6-20-18/h1-2,4-6,13,21H,3,7-8H2/p+1/t13-/m0/s1. The molecular formula is C19H14NO5+. The van der Waals surface area contributed by atoms with Crippen molar-refractivity contribution in [3.63, 3.8) is 0 Å². The summed E-state index contributed by atoms with van der Waals surface area (Å²) >= 11 is 0. The van der Waals surface area contributed by atoms with Gasteiger partial charge in [-0.25, -0.2) is 4.98 Å². The zero-order valence-electron chi connectivity index (χ0n) is 13.2. The number of ether oxygens (including phenoxy) is 4. The van der Waals surface area contributed by atoms with Gasteiger partial charge in [0.15, 0.2) is 29.2 Å². The van der Waals surface area contributed by atoms with Crippen molar-refractivity contribution in [3.8, 4) is 34.3 Å². The van der Waals surface area contributed by atoms with Crippen LogP contribution in [0.4, 0.5) is 0 Å². The number of aromatic amines is 1. The van der Waals surface area contributed by atoms with E-state index in [1.54, 1.807) is 0 Å². The third kappa shape index (κ3) is 1.69. The SMILES string of the molecule is O[C@H]1Cc2cc3c(cc2-c2[nH+]cc4c5c(ccc4c21)OCO5)OCO3. The van der Waals surface area contributed by atoms with Crippen LogP contribution >= 0.6 is 0 Å². The first kappa shape index (κ1) is 13.3. The summed E-state index contributed by atoms with van der Waals surface area (Å²) in [5.74, 6) is 2.92. The lowest BCUT2D eigenvalue weighted by molar-refractivity contribution is -0.364. The number of aliphatic hydroxyl groups excluding tert-OH is 1. The van der Waals surface area contributed by atoms with Gasteiger partial charge in [0.25, 0.3) is 0 Å². The van der Waals surface area contributed by atoms with Gasteiger partial charge in [0, 0.05) is 11.8 Å². The van der Waals surface area contributed by atoms with Gasteiger partial charge in [-0.1, -0.05) is 0 Å². The number of hydrogen-bond donors (Lipinski definition) is 1. The van der Waals surface area contributed by atoms with E-state index in [2.05, 4.69) is 4.98 Å². The van der Waals surface area contributed by atoms with E-state index in [9.17, 15) is 5.11 Å². The molecule has 6 rings (SSSR count). The lowest BCUT2D eigenvalue weighted by Crippen LogP contribution is -2.20. The number of pyridine rings is 1. The Kier molecular flexibility index (Phi) is 2.42. The molecule has 0 unspecified atom stereocenters. The summed E-state index contributed by atoms with van der Waals surface area (Å²) < 4.78 is 22.0. The van der Waals surface area contributed by atoms with Gasteiger partial charge < -0.3 is 24.1 Å². The lowest BCUT2D eigenvalue weighted by atomic mass is 9.84. The van der Waals surface area contributed by atoms with E-state index in [0.29, 0.717) is 6.42 Å². The average molecular weight is 336 g/mol. The number of benzene rings is 2. The molecule has 0 saturated heterocycles. The van der Waals surface area contributed by atoms with Gasteiger partial charge in [0.2, 0.25) is 19.3 Å². The molecule has 124 valence electrons. The molecule has 0 fully saturated rings. The average Bonchev–Trinajstić information content (AvgIpc) is 3.28. The molecule has 1 atom stereocenters. The van der Waals surface area contributed by atoms with E-state index in [-0.39, 0.29) is 13.6 Å². The number of aliphatic hydroxyl groups is 1. The molecule has 0 radical (unpaired) electrons. The molecule has 3 heterocycles. The number of nitrogens with one attached hydrogen (secondary N) is 1. The second-order valence-electron chi connectivity index (χ2n) is 6.42. The van der Waals surface area contributed by atoms with E-state index in [1.807, 2.05) is 30.5 Å². The monoisotopic (exact) mass is 336 g/mol. The molecule has 3 aromatic rings. The maximum absolute atomic E-state index is 10.8. The van der Waals surface area contributed by atoms with Crippen molar-refractivity contribution in [3.05, 3.63) is 41.6 Å². The first-order valence-electron chi connectivity index (χ1n) is 8.17. The predicted octanol–water partition coefficient (Wildman–Crippen LogP) is 2.37. The minimum atomic E-state index is -0.608. The Morgan fingerprint density at radius 2 is 1.72 bits per heavy atom. The minimum Gasteiger partial charge on any atom is -0.454 e. The van der Waals surface area contributed by atoms with E-state index in [1.165, 1.54) is 0 Å². The Morgan fingerprint density at radius 3 is 2.64 bits per heavy atom. The van der Waals surface area contributed by atoms with Crippen molar-refractivity contribution >= 4 is 10.8 Å². The van der Waals surface area contributed by atoms with Gasteiger partial charge in [-0.15, -0.1) is 0 Å². The molecule has 0 saturated carbocycles. The molecule has 3 aliphatic rings. The Bertz CT molecular complexity index is 1060. The number of aromatic nitrogens is 1. The van der Waals surface area contributed by atoms with Crippen LogP contribution in [-0.4, -0.2) is 18.7 Å². The summed E-state index contributed by atoms with van der Waals surface area (Å²) in [5.41, 5.74) is 3.85. The predicted molar refractivity (Wildman–Crippen MR) is 86.8 cm³/mol. The van der Waals surface area contributed by atoms with Gasteiger partial charge in [0.05, 0.1) is 22.6 Å². The Balaban J connectivity index is 1.66. The fourth-order valence-corrected chi connectivity index (χ4v) is 3.99. The van der Waals surface area contributed by atoms with E-state index >= 15 is 0 Å². The van der Waals surface area contributed by atoms with Crippen LogP contribution in [0, 0.1) is 0 Å². The third-order valence-corrected chi connectivity index (χ3v) is 5.11. The number of rotatable bonds is 0. The normalized spacial score (nSPS) is 19.0. The van der Waals surface area contributed by atoms with Crippen LogP contribution in [0.15, 0.2) is 30.5 Å². The molecule has 6 nitrogen and oxygen atoms in total. The minimum absolute atomic E-state index is 0.223. The van der Waals surface area contributed by atoms with Crippen molar-refractivity contribution < 1.29 is 29.0 Å². The summed E-state index contributed by atoms with van der Waals surface area (Å²) in [7, 11) is 0. The largest absolute Gasteiger partial charge is 0.454 e. The Hall–Kier alpha value is -2.99. The third-order valence-electron chi connectivity index (χ3n) is 5.11. The van der Waals surface area contributed by atoms with Gasteiger partial charge in [-0.05, 0) is 29.8 Å². The fourth-order valence-electron chi connectivity index (χ4n) is 3.99. The first-order valence-corrected chi connectivity index (χ1v) is 8.17. The van der Waals surface area contributed by atoms with Gasteiger partial charge in [-0.2, -0.15) is 0 Å². The number of H-pyrrole nitrogens is 1. The van der Waals surface area contributed by atoms with E-state index in [4.69, 9.17) is 18.9 Å².